The first-order valence-corrected chi connectivity index (χ1v) is 7.90. The van der Waals surface area contributed by atoms with Gasteiger partial charge in [0.15, 0.2) is 0 Å². The second-order valence-corrected chi connectivity index (χ2v) is 5.78. The third kappa shape index (κ3) is 6.26. The first-order chi connectivity index (χ1) is 9.86. The van der Waals surface area contributed by atoms with Crippen molar-refractivity contribution in [3.8, 4) is 0 Å². The molecule has 0 aliphatic rings. The Kier molecular flexibility index (Phi) is 7.52. The Bertz CT molecular complexity index is 480. The van der Waals surface area contributed by atoms with E-state index in [1.807, 2.05) is 0 Å². The van der Waals surface area contributed by atoms with Gasteiger partial charge in [0.2, 0.25) is 0 Å². The van der Waals surface area contributed by atoms with Gasteiger partial charge in [0.05, 0.1) is 11.1 Å². The summed E-state index contributed by atoms with van der Waals surface area (Å²) < 4.78 is 38.2. The molecule has 0 fully saturated rings. The highest BCUT2D eigenvalue weighted by Crippen LogP contribution is 2.31. The van der Waals surface area contributed by atoms with Gasteiger partial charge in [0.1, 0.15) is 0 Å². The highest BCUT2D eigenvalue weighted by Gasteiger charge is 2.31. The molecule has 0 saturated heterocycles. The van der Waals surface area contributed by atoms with E-state index in [2.05, 4.69) is 21.2 Å². The van der Waals surface area contributed by atoms with Crippen molar-refractivity contribution in [2.45, 2.75) is 31.9 Å². The second kappa shape index (κ2) is 8.63. The van der Waals surface area contributed by atoms with E-state index in [0.717, 1.165) is 37.8 Å². The number of alkyl halides is 4. The van der Waals surface area contributed by atoms with Crippen LogP contribution in [-0.2, 0) is 6.18 Å². The number of carbonyl (C=O) groups is 1. The van der Waals surface area contributed by atoms with E-state index in [1.54, 1.807) is 0 Å². The van der Waals surface area contributed by atoms with Crippen molar-refractivity contribution in [3.63, 3.8) is 0 Å². The highest BCUT2D eigenvalue weighted by molar-refractivity contribution is 9.10. The average molecular weight is 387 g/mol. The predicted octanol–water partition coefficient (Wildman–Crippen LogP) is 5.00. The van der Waals surface area contributed by atoms with Gasteiger partial charge in [-0.2, -0.15) is 13.2 Å². The third-order valence-corrected chi connectivity index (χ3v) is 3.84. The zero-order chi connectivity index (χ0) is 15.9. The molecule has 0 heterocycles. The Labute approximate surface area is 135 Å². The molecule has 0 aliphatic carbocycles. The van der Waals surface area contributed by atoms with Crippen LogP contribution in [-0.4, -0.2) is 18.3 Å². The van der Waals surface area contributed by atoms with E-state index in [9.17, 15) is 18.0 Å². The lowest BCUT2D eigenvalue weighted by Crippen LogP contribution is -2.25. The second-order valence-electron chi connectivity index (χ2n) is 4.55. The first kappa shape index (κ1) is 18.3. The van der Waals surface area contributed by atoms with Gasteiger partial charge in [-0.05, 0) is 47.0 Å². The number of carbonyl (C=O) groups excluding carboxylic acids is 1. The molecule has 1 rings (SSSR count). The summed E-state index contributed by atoms with van der Waals surface area (Å²) in [5, 5.41) is 2.63. The molecule has 0 bridgehead atoms. The SMILES string of the molecule is O=C(NCCCCCCCl)c1cc(C(F)(F)F)ccc1Br. The van der Waals surface area contributed by atoms with Crippen molar-refractivity contribution in [1.82, 2.24) is 5.32 Å². The van der Waals surface area contributed by atoms with Crippen LogP contribution in [0, 0.1) is 0 Å². The molecule has 1 N–H and O–H groups in total. The minimum absolute atomic E-state index is 0.00872. The van der Waals surface area contributed by atoms with Gasteiger partial charge >= 0.3 is 6.18 Å². The number of hydrogen-bond acceptors (Lipinski definition) is 1. The van der Waals surface area contributed by atoms with Gasteiger partial charge in [-0.1, -0.05) is 12.8 Å². The smallest absolute Gasteiger partial charge is 0.352 e. The van der Waals surface area contributed by atoms with Gasteiger partial charge in [0.25, 0.3) is 5.91 Å². The van der Waals surface area contributed by atoms with Gasteiger partial charge < -0.3 is 5.32 Å². The summed E-state index contributed by atoms with van der Waals surface area (Å²) in [6.45, 7) is 0.434. The van der Waals surface area contributed by atoms with Gasteiger partial charge in [-0.3, -0.25) is 4.79 Å². The van der Waals surface area contributed by atoms with E-state index in [1.165, 1.54) is 6.07 Å². The van der Waals surface area contributed by atoms with Crippen LogP contribution in [0.2, 0.25) is 0 Å². The average Bonchev–Trinajstić information content (AvgIpc) is 2.41. The molecular weight excluding hydrogens is 371 g/mol. The van der Waals surface area contributed by atoms with E-state index in [0.29, 0.717) is 16.9 Å². The number of hydrogen-bond donors (Lipinski definition) is 1. The van der Waals surface area contributed by atoms with Crippen LogP contribution in [0.4, 0.5) is 13.2 Å². The Morgan fingerprint density at radius 3 is 2.48 bits per heavy atom. The Morgan fingerprint density at radius 1 is 1.19 bits per heavy atom. The number of rotatable bonds is 7. The summed E-state index contributed by atoms with van der Waals surface area (Å²) in [4.78, 5) is 11.9. The summed E-state index contributed by atoms with van der Waals surface area (Å²) in [6.07, 6.45) is -0.853. The number of halogens is 5. The molecule has 1 aromatic carbocycles. The molecule has 7 heteroatoms. The molecule has 118 valence electrons. The monoisotopic (exact) mass is 385 g/mol. The maximum Gasteiger partial charge on any atom is 0.416 e. The van der Waals surface area contributed by atoms with Crippen molar-refractivity contribution in [2.75, 3.05) is 12.4 Å². The van der Waals surface area contributed by atoms with Crippen LogP contribution < -0.4 is 5.32 Å². The van der Waals surface area contributed by atoms with Gasteiger partial charge in [-0.15, -0.1) is 11.6 Å². The van der Waals surface area contributed by atoms with Crippen molar-refractivity contribution < 1.29 is 18.0 Å². The Hall–Kier alpha value is -0.750. The molecule has 0 radical (unpaired) electrons. The number of nitrogens with one attached hydrogen (secondary N) is 1. The largest absolute Gasteiger partial charge is 0.416 e. The minimum Gasteiger partial charge on any atom is -0.352 e. The molecule has 21 heavy (non-hydrogen) atoms. The first-order valence-electron chi connectivity index (χ1n) is 6.57. The van der Waals surface area contributed by atoms with E-state index in [4.69, 9.17) is 11.6 Å². The van der Waals surface area contributed by atoms with Crippen molar-refractivity contribution >= 4 is 33.4 Å². The molecular formula is C14H16BrClF3NO. The number of amides is 1. The summed E-state index contributed by atoms with van der Waals surface area (Å²) in [7, 11) is 0. The molecule has 0 saturated carbocycles. The zero-order valence-corrected chi connectivity index (χ0v) is 13.6. The lowest BCUT2D eigenvalue weighted by atomic mass is 10.1. The van der Waals surface area contributed by atoms with E-state index in [-0.39, 0.29) is 5.56 Å². The number of unbranched alkanes of at least 4 members (excludes halogenated alkanes) is 3. The van der Waals surface area contributed by atoms with Crippen LogP contribution in [0.25, 0.3) is 0 Å². The minimum atomic E-state index is -4.46. The van der Waals surface area contributed by atoms with Crippen LogP contribution in [0.5, 0.6) is 0 Å². The van der Waals surface area contributed by atoms with E-state index >= 15 is 0 Å². The number of benzene rings is 1. The van der Waals surface area contributed by atoms with Crippen molar-refractivity contribution in [2.24, 2.45) is 0 Å². The quantitative estimate of drug-likeness (QED) is 0.519. The predicted molar refractivity (Wildman–Crippen MR) is 80.7 cm³/mol. The molecule has 0 aliphatic heterocycles. The maximum atomic E-state index is 12.6. The topological polar surface area (TPSA) is 29.1 Å². The standard InChI is InChI=1S/C14H16BrClF3NO/c15-12-6-5-10(14(17,18)19)9-11(12)13(21)20-8-4-2-1-3-7-16/h5-6,9H,1-4,7-8H2,(H,20,21). The fourth-order valence-corrected chi connectivity index (χ4v) is 2.36. The zero-order valence-electron chi connectivity index (χ0n) is 11.3. The molecule has 0 unspecified atom stereocenters. The van der Waals surface area contributed by atoms with Crippen LogP contribution in [0.15, 0.2) is 22.7 Å². The van der Waals surface area contributed by atoms with Crippen molar-refractivity contribution in [1.29, 1.82) is 0 Å². The van der Waals surface area contributed by atoms with Crippen LogP contribution in [0.3, 0.4) is 0 Å². The summed E-state index contributed by atoms with van der Waals surface area (Å²) in [5.41, 5.74) is -0.844. The van der Waals surface area contributed by atoms with Crippen molar-refractivity contribution in [3.05, 3.63) is 33.8 Å². The molecule has 0 spiro atoms. The third-order valence-electron chi connectivity index (χ3n) is 2.88. The molecule has 1 aromatic rings. The Morgan fingerprint density at radius 2 is 1.86 bits per heavy atom. The van der Waals surface area contributed by atoms with Crippen LogP contribution >= 0.6 is 27.5 Å². The van der Waals surface area contributed by atoms with Gasteiger partial charge in [-0.25, -0.2) is 0 Å². The lowest BCUT2D eigenvalue weighted by Gasteiger charge is -2.11. The maximum absolute atomic E-state index is 12.6. The van der Waals surface area contributed by atoms with E-state index < -0.39 is 17.6 Å². The lowest BCUT2D eigenvalue weighted by molar-refractivity contribution is -0.137. The molecule has 0 aromatic heterocycles. The molecule has 0 atom stereocenters. The molecule has 1 amide bonds. The molecule has 2 nitrogen and oxygen atoms in total. The van der Waals surface area contributed by atoms with Gasteiger partial charge in [0, 0.05) is 16.9 Å². The summed E-state index contributed by atoms with van der Waals surface area (Å²) in [5.74, 6) is 0.106. The summed E-state index contributed by atoms with van der Waals surface area (Å²) in [6, 6.07) is 3.03. The fraction of sp³-hybridized carbons (Fsp3) is 0.500. The fourth-order valence-electron chi connectivity index (χ4n) is 1.75. The summed E-state index contributed by atoms with van der Waals surface area (Å²) >= 11 is 8.65. The Balaban J connectivity index is 2.57. The highest BCUT2D eigenvalue weighted by atomic mass is 79.9. The normalized spacial score (nSPS) is 11.5. The van der Waals surface area contributed by atoms with Crippen LogP contribution in [0.1, 0.15) is 41.6 Å².